The van der Waals surface area contributed by atoms with E-state index in [0.717, 1.165) is 35.5 Å². The fourth-order valence-electron chi connectivity index (χ4n) is 7.87. The van der Waals surface area contributed by atoms with E-state index in [1.807, 2.05) is 0 Å². The van der Waals surface area contributed by atoms with Gasteiger partial charge in [0.05, 0.1) is 0 Å². The third kappa shape index (κ3) is 1.77. The van der Waals surface area contributed by atoms with Crippen molar-refractivity contribution < 1.29 is 0 Å². The molecule has 0 aromatic rings. The van der Waals surface area contributed by atoms with Crippen LogP contribution in [0.1, 0.15) is 70.6 Å². The summed E-state index contributed by atoms with van der Waals surface area (Å²) in [5, 5.41) is 0. The van der Waals surface area contributed by atoms with Crippen molar-refractivity contribution in [3.63, 3.8) is 0 Å². The fraction of sp³-hybridized carbons (Fsp3) is 1.00. The molecule has 6 saturated carbocycles. The molecule has 0 radical (unpaired) electrons. The van der Waals surface area contributed by atoms with Crippen LogP contribution in [0.5, 0.6) is 0 Å². The van der Waals surface area contributed by atoms with Crippen molar-refractivity contribution >= 4 is 0 Å². The molecular weight excluding hydrogens is 242 g/mol. The van der Waals surface area contributed by atoms with Crippen molar-refractivity contribution in [2.24, 2.45) is 46.7 Å². The monoisotopic (exact) mass is 273 g/mol. The Hall–Kier alpha value is -0.0400. The summed E-state index contributed by atoms with van der Waals surface area (Å²) in [5.74, 6) is 6.36. The zero-order valence-electron chi connectivity index (χ0n) is 12.9. The summed E-state index contributed by atoms with van der Waals surface area (Å²) in [5.41, 5.74) is 7.48. The number of hydrogen-bond acceptors (Lipinski definition) is 1. The molecule has 1 nitrogen and oxygen atoms in total. The summed E-state index contributed by atoms with van der Waals surface area (Å²) in [6, 6.07) is 0.542. The van der Waals surface area contributed by atoms with E-state index in [4.69, 9.17) is 5.73 Å². The van der Waals surface area contributed by atoms with Gasteiger partial charge in [-0.2, -0.15) is 0 Å². The van der Waals surface area contributed by atoms with Gasteiger partial charge in [-0.25, -0.2) is 0 Å². The molecule has 6 fully saturated rings. The van der Waals surface area contributed by atoms with Crippen LogP contribution >= 0.6 is 0 Å². The predicted octanol–water partition coefficient (Wildman–Crippen LogP) is 4.36. The molecule has 0 heterocycles. The molecule has 0 spiro atoms. The Kier molecular flexibility index (Phi) is 2.65. The highest BCUT2D eigenvalue weighted by molar-refractivity contribution is 5.06. The zero-order valence-corrected chi connectivity index (χ0v) is 12.9. The van der Waals surface area contributed by atoms with Gasteiger partial charge in [-0.3, -0.25) is 0 Å². The van der Waals surface area contributed by atoms with Crippen molar-refractivity contribution in [2.45, 2.75) is 76.7 Å². The molecule has 0 aromatic carbocycles. The molecule has 0 aromatic heterocycles. The molecule has 4 atom stereocenters. The Balaban J connectivity index is 1.32. The van der Waals surface area contributed by atoms with E-state index in [1.165, 1.54) is 44.9 Å². The quantitative estimate of drug-likeness (QED) is 0.812. The average Bonchev–Trinajstić information content (AvgIpc) is 2.99. The highest BCUT2D eigenvalue weighted by Crippen LogP contribution is 2.62. The summed E-state index contributed by atoms with van der Waals surface area (Å²) in [6.07, 6.45) is 16.7. The summed E-state index contributed by atoms with van der Waals surface area (Å²) in [4.78, 5) is 0. The Bertz CT molecular complexity index is 365. The van der Waals surface area contributed by atoms with Gasteiger partial charge >= 0.3 is 0 Å². The molecule has 4 unspecified atom stereocenters. The molecule has 1 heteroatoms. The molecule has 2 N–H and O–H groups in total. The van der Waals surface area contributed by atoms with Crippen LogP contribution in [0.25, 0.3) is 0 Å². The lowest BCUT2D eigenvalue weighted by molar-refractivity contribution is -0.0714. The van der Waals surface area contributed by atoms with Gasteiger partial charge in [0.1, 0.15) is 0 Å². The van der Waals surface area contributed by atoms with Gasteiger partial charge < -0.3 is 5.73 Å². The summed E-state index contributed by atoms with van der Waals surface area (Å²) in [7, 11) is 0. The molecule has 0 saturated heterocycles. The first-order valence-electron chi connectivity index (χ1n) is 9.46. The minimum atomic E-state index is 0.542. The van der Waals surface area contributed by atoms with Crippen LogP contribution in [0.2, 0.25) is 0 Å². The lowest BCUT2D eigenvalue weighted by Gasteiger charge is -2.59. The number of hydrogen-bond donors (Lipinski definition) is 1. The van der Waals surface area contributed by atoms with Crippen LogP contribution in [-0.2, 0) is 0 Å². The minimum Gasteiger partial charge on any atom is -0.327 e. The van der Waals surface area contributed by atoms with Gasteiger partial charge in [0.15, 0.2) is 0 Å². The molecule has 0 amide bonds. The third-order valence-corrected chi connectivity index (χ3v) is 8.31. The molecule has 0 aliphatic heterocycles. The minimum absolute atomic E-state index is 0.542. The second kappa shape index (κ2) is 4.24. The summed E-state index contributed by atoms with van der Waals surface area (Å²) in [6.45, 7) is 0. The number of rotatable bonds is 3. The lowest BCUT2D eigenvalue weighted by atomic mass is 9.47. The van der Waals surface area contributed by atoms with E-state index < -0.39 is 0 Å². The molecule has 6 rings (SSSR count). The Labute approximate surface area is 124 Å². The van der Waals surface area contributed by atoms with Crippen molar-refractivity contribution in [2.75, 3.05) is 0 Å². The van der Waals surface area contributed by atoms with E-state index in [2.05, 4.69) is 0 Å². The second-order valence-electron chi connectivity index (χ2n) is 9.56. The average molecular weight is 273 g/mol. The summed E-state index contributed by atoms with van der Waals surface area (Å²) < 4.78 is 0. The molecule has 112 valence electrons. The first-order valence-corrected chi connectivity index (χ1v) is 9.46. The van der Waals surface area contributed by atoms with Crippen molar-refractivity contribution in [3.8, 4) is 0 Å². The van der Waals surface area contributed by atoms with Crippen molar-refractivity contribution in [3.05, 3.63) is 0 Å². The first kappa shape index (κ1) is 12.5. The van der Waals surface area contributed by atoms with E-state index in [-0.39, 0.29) is 0 Å². The van der Waals surface area contributed by atoms with Crippen LogP contribution in [0.15, 0.2) is 0 Å². The number of fused-ring (bicyclic) bond motifs is 2. The Morgan fingerprint density at radius 2 is 1.45 bits per heavy atom. The van der Waals surface area contributed by atoms with Gasteiger partial charge in [-0.1, -0.05) is 6.42 Å². The van der Waals surface area contributed by atoms with Gasteiger partial charge in [-0.05, 0) is 105 Å². The van der Waals surface area contributed by atoms with Crippen LogP contribution in [0.4, 0.5) is 0 Å². The third-order valence-electron chi connectivity index (χ3n) is 8.31. The molecule has 6 bridgehead atoms. The van der Waals surface area contributed by atoms with Gasteiger partial charge in [0.2, 0.25) is 0 Å². The summed E-state index contributed by atoms with van der Waals surface area (Å²) >= 11 is 0. The highest BCUT2D eigenvalue weighted by atomic mass is 14.7. The molecule has 6 aliphatic carbocycles. The Morgan fingerprint density at radius 3 is 1.95 bits per heavy atom. The predicted molar refractivity (Wildman–Crippen MR) is 82.1 cm³/mol. The van der Waals surface area contributed by atoms with E-state index >= 15 is 0 Å². The standard InChI is InChI=1S/C19H31N/c20-18(8-17-7-12-1-2-16(17)6-12)19-9-13-3-14(10-19)5-15(4-13)11-19/h12-18H,1-11,20H2. The van der Waals surface area contributed by atoms with Gasteiger partial charge in [-0.15, -0.1) is 0 Å². The van der Waals surface area contributed by atoms with E-state index in [0.29, 0.717) is 11.5 Å². The normalized spacial score (nSPS) is 57.5. The largest absolute Gasteiger partial charge is 0.327 e. The SMILES string of the molecule is NC(CC1CC2CCC1C2)C12CC3CC(CC(C3)C1)C2. The Morgan fingerprint density at radius 1 is 0.800 bits per heavy atom. The van der Waals surface area contributed by atoms with Crippen LogP contribution in [0.3, 0.4) is 0 Å². The maximum atomic E-state index is 6.88. The van der Waals surface area contributed by atoms with Crippen LogP contribution < -0.4 is 5.73 Å². The maximum absolute atomic E-state index is 6.88. The molecule has 6 aliphatic rings. The molecule has 20 heavy (non-hydrogen) atoms. The highest BCUT2D eigenvalue weighted by Gasteiger charge is 2.54. The lowest BCUT2D eigenvalue weighted by Crippen LogP contribution is -2.55. The van der Waals surface area contributed by atoms with Crippen LogP contribution in [0, 0.1) is 40.9 Å². The maximum Gasteiger partial charge on any atom is 0.00986 e. The van der Waals surface area contributed by atoms with Crippen molar-refractivity contribution in [1.29, 1.82) is 0 Å². The number of nitrogens with two attached hydrogens (primary N) is 1. The fourth-order valence-corrected chi connectivity index (χ4v) is 7.87. The van der Waals surface area contributed by atoms with Crippen molar-refractivity contribution in [1.82, 2.24) is 0 Å². The zero-order chi connectivity index (χ0) is 13.3. The van der Waals surface area contributed by atoms with E-state index in [1.54, 1.807) is 25.7 Å². The van der Waals surface area contributed by atoms with Gasteiger partial charge in [0.25, 0.3) is 0 Å². The topological polar surface area (TPSA) is 26.0 Å². The molecular formula is C19H31N. The second-order valence-corrected chi connectivity index (χ2v) is 9.56. The van der Waals surface area contributed by atoms with Gasteiger partial charge in [0, 0.05) is 6.04 Å². The van der Waals surface area contributed by atoms with E-state index in [9.17, 15) is 0 Å². The first-order chi connectivity index (χ1) is 9.70. The van der Waals surface area contributed by atoms with Crippen LogP contribution in [-0.4, -0.2) is 6.04 Å². The smallest absolute Gasteiger partial charge is 0.00986 e.